The Hall–Kier alpha value is -3.39. The van der Waals surface area contributed by atoms with Crippen molar-refractivity contribution >= 4 is 23.6 Å². The number of carbonyl (C=O) groups excluding carboxylic acids is 2. The molecule has 5 heteroatoms. The minimum atomic E-state index is -0.649. The maximum atomic E-state index is 13.4. The van der Waals surface area contributed by atoms with Gasteiger partial charge in [-0.25, -0.2) is 4.90 Å². The van der Waals surface area contributed by atoms with Gasteiger partial charge in [0.1, 0.15) is 6.04 Å². The molecule has 2 fully saturated rings. The van der Waals surface area contributed by atoms with Gasteiger partial charge in [0, 0.05) is 6.20 Å². The summed E-state index contributed by atoms with van der Waals surface area (Å²) in [5.41, 5.74) is 3.67. The number of rotatable bonds is 1. The van der Waals surface area contributed by atoms with Gasteiger partial charge in [-0.2, -0.15) is 5.26 Å². The third kappa shape index (κ3) is 2.04. The SMILES string of the molecule is Cc1ccc(N2C(=O)[C@@H]3[C@H](C2=O)[C@H]2c4ccccc4C=CN2[C@H]3C#N)cc1. The highest BCUT2D eigenvalue weighted by Gasteiger charge is 2.63. The van der Waals surface area contributed by atoms with Gasteiger partial charge in [-0.1, -0.05) is 42.0 Å². The second-order valence-electron chi connectivity index (χ2n) is 7.31. The van der Waals surface area contributed by atoms with Crippen molar-refractivity contribution in [3.8, 4) is 6.07 Å². The fourth-order valence-electron chi connectivity index (χ4n) is 4.65. The summed E-state index contributed by atoms with van der Waals surface area (Å²) < 4.78 is 0. The lowest BCUT2D eigenvalue weighted by molar-refractivity contribution is -0.123. The first-order chi connectivity index (χ1) is 13.1. The van der Waals surface area contributed by atoms with Crippen LogP contribution in [0.25, 0.3) is 6.08 Å². The number of carbonyl (C=O) groups is 2. The summed E-state index contributed by atoms with van der Waals surface area (Å²) in [6, 6.07) is 16.6. The van der Waals surface area contributed by atoms with Crippen LogP contribution < -0.4 is 4.90 Å². The molecule has 4 atom stereocenters. The first-order valence-corrected chi connectivity index (χ1v) is 9.00. The third-order valence-electron chi connectivity index (χ3n) is 5.89. The Morgan fingerprint density at radius 2 is 1.67 bits per heavy atom. The molecule has 0 unspecified atom stereocenters. The largest absolute Gasteiger partial charge is 0.353 e. The van der Waals surface area contributed by atoms with Gasteiger partial charge >= 0.3 is 0 Å². The number of hydrogen-bond acceptors (Lipinski definition) is 4. The maximum Gasteiger partial charge on any atom is 0.240 e. The van der Waals surface area contributed by atoms with Gasteiger partial charge in [0.2, 0.25) is 11.8 Å². The number of amides is 2. The lowest BCUT2D eigenvalue weighted by Crippen LogP contribution is -2.40. The molecular formula is C22H17N3O2. The molecule has 2 aromatic carbocycles. The van der Waals surface area contributed by atoms with Crippen LogP contribution >= 0.6 is 0 Å². The third-order valence-corrected chi connectivity index (χ3v) is 5.89. The predicted molar refractivity (Wildman–Crippen MR) is 100 cm³/mol. The van der Waals surface area contributed by atoms with Crippen LogP contribution in [0.2, 0.25) is 0 Å². The summed E-state index contributed by atoms with van der Waals surface area (Å²) in [6.07, 6.45) is 3.81. The van der Waals surface area contributed by atoms with Crippen LogP contribution in [0.3, 0.4) is 0 Å². The number of aryl methyl sites for hydroxylation is 1. The van der Waals surface area contributed by atoms with Crippen molar-refractivity contribution in [2.24, 2.45) is 11.8 Å². The highest BCUT2D eigenvalue weighted by Crippen LogP contribution is 2.52. The highest BCUT2D eigenvalue weighted by molar-refractivity contribution is 6.23. The molecule has 132 valence electrons. The van der Waals surface area contributed by atoms with Crippen LogP contribution in [-0.4, -0.2) is 22.8 Å². The molecule has 0 bridgehead atoms. The Balaban J connectivity index is 1.63. The van der Waals surface area contributed by atoms with Gasteiger partial charge in [0.25, 0.3) is 0 Å². The lowest BCUT2D eigenvalue weighted by Gasteiger charge is -2.33. The van der Waals surface area contributed by atoms with E-state index in [4.69, 9.17) is 0 Å². The molecule has 2 saturated heterocycles. The van der Waals surface area contributed by atoms with Crippen LogP contribution in [-0.2, 0) is 9.59 Å². The van der Waals surface area contributed by atoms with Crippen molar-refractivity contribution in [1.82, 2.24) is 4.90 Å². The van der Waals surface area contributed by atoms with Crippen molar-refractivity contribution in [2.45, 2.75) is 19.0 Å². The molecule has 27 heavy (non-hydrogen) atoms. The minimum absolute atomic E-state index is 0.216. The molecule has 2 aromatic rings. The number of imide groups is 1. The van der Waals surface area contributed by atoms with E-state index in [2.05, 4.69) is 6.07 Å². The second-order valence-corrected chi connectivity index (χ2v) is 7.31. The number of nitriles is 1. The standard InChI is InChI=1S/C22H17N3O2/c1-13-6-8-15(9-7-13)25-21(26)18-17(12-23)24-11-10-14-4-2-3-5-16(14)20(24)19(18)22(25)27/h2-11,17-20H,1H3/t17-,18-,19-,20+/m0/s1. The molecule has 0 saturated carbocycles. The Kier molecular flexibility index (Phi) is 3.26. The molecule has 3 aliphatic rings. The Bertz CT molecular complexity index is 1030. The molecular weight excluding hydrogens is 338 g/mol. The summed E-state index contributed by atoms with van der Waals surface area (Å²) in [5, 5.41) is 9.79. The zero-order chi connectivity index (χ0) is 18.7. The molecule has 0 radical (unpaired) electrons. The Labute approximate surface area is 157 Å². The van der Waals surface area contributed by atoms with E-state index in [1.807, 2.05) is 60.5 Å². The quantitative estimate of drug-likeness (QED) is 0.738. The fourth-order valence-corrected chi connectivity index (χ4v) is 4.65. The molecule has 5 nitrogen and oxygen atoms in total. The topological polar surface area (TPSA) is 64.4 Å². The van der Waals surface area contributed by atoms with Gasteiger partial charge in [0.15, 0.2) is 0 Å². The van der Waals surface area contributed by atoms with Crippen molar-refractivity contribution in [1.29, 1.82) is 5.26 Å². The molecule has 0 aliphatic carbocycles. The van der Waals surface area contributed by atoms with Crippen molar-refractivity contribution < 1.29 is 9.59 Å². The summed E-state index contributed by atoms with van der Waals surface area (Å²) in [7, 11) is 0. The molecule has 3 aliphatic heterocycles. The molecule has 0 spiro atoms. The first-order valence-electron chi connectivity index (χ1n) is 9.00. The monoisotopic (exact) mass is 355 g/mol. The van der Waals surface area contributed by atoms with Gasteiger partial charge in [0.05, 0.1) is 29.6 Å². The van der Waals surface area contributed by atoms with Crippen molar-refractivity contribution in [3.63, 3.8) is 0 Å². The Morgan fingerprint density at radius 3 is 2.41 bits per heavy atom. The van der Waals surface area contributed by atoms with Gasteiger partial charge in [-0.15, -0.1) is 0 Å². The van der Waals surface area contributed by atoms with Crippen LogP contribution in [0.15, 0.2) is 54.7 Å². The van der Waals surface area contributed by atoms with E-state index < -0.39 is 17.9 Å². The van der Waals surface area contributed by atoms with E-state index in [1.54, 1.807) is 12.1 Å². The summed E-state index contributed by atoms with van der Waals surface area (Å²) in [6.45, 7) is 1.96. The average Bonchev–Trinajstić information content (AvgIpc) is 3.15. The van der Waals surface area contributed by atoms with Crippen LogP contribution in [0.4, 0.5) is 5.69 Å². The van der Waals surface area contributed by atoms with E-state index >= 15 is 0 Å². The number of hydrogen-bond donors (Lipinski definition) is 0. The van der Waals surface area contributed by atoms with E-state index in [1.165, 1.54) is 4.90 Å². The van der Waals surface area contributed by atoms with Crippen molar-refractivity contribution in [2.75, 3.05) is 4.90 Å². The highest BCUT2D eigenvalue weighted by atomic mass is 16.2. The second kappa shape index (κ2) is 5.55. The molecule has 3 heterocycles. The molecule has 0 aromatic heterocycles. The van der Waals surface area contributed by atoms with Crippen LogP contribution in [0.5, 0.6) is 0 Å². The minimum Gasteiger partial charge on any atom is -0.353 e. The van der Waals surface area contributed by atoms with Crippen molar-refractivity contribution in [3.05, 3.63) is 71.4 Å². The summed E-state index contributed by atoms with van der Waals surface area (Å²) in [5.74, 6) is -1.69. The van der Waals surface area contributed by atoms with E-state index in [0.29, 0.717) is 5.69 Å². The van der Waals surface area contributed by atoms with Gasteiger partial charge < -0.3 is 4.90 Å². The van der Waals surface area contributed by atoms with E-state index in [9.17, 15) is 14.9 Å². The molecule has 2 amide bonds. The number of benzene rings is 2. The Morgan fingerprint density at radius 1 is 0.963 bits per heavy atom. The normalized spacial score (nSPS) is 28.0. The van der Waals surface area contributed by atoms with Gasteiger partial charge in [-0.3, -0.25) is 9.59 Å². The first kappa shape index (κ1) is 15.8. The lowest BCUT2D eigenvalue weighted by atomic mass is 9.85. The predicted octanol–water partition coefficient (Wildman–Crippen LogP) is 3.03. The molecule has 5 rings (SSSR count). The maximum absolute atomic E-state index is 13.4. The summed E-state index contributed by atoms with van der Waals surface area (Å²) >= 11 is 0. The number of anilines is 1. The zero-order valence-corrected chi connectivity index (χ0v) is 14.7. The molecule has 0 N–H and O–H groups in total. The van der Waals surface area contributed by atoms with E-state index in [0.717, 1.165) is 16.7 Å². The van der Waals surface area contributed by atoms with Gasteiger partial charge in [-0.05, 0) is 36.3 Å². The fraction of sp³-hybridized carbons (Fsp3) is 0.227. The smallest absolute Gasteiger partial charge is 0.240 e. The number of fused-ring (bicyclic) bond motifs is 5. The van der Waals surface area contributed by atoms with Crippen LogP contribution in [0, 0.1) is 30.1 Å². The average molecular weight is 355 g/mol. The van der Waals surface area contributed by atoms with E-state index in [-0.39, 0.29) is 17.9 Å². The zero-order valence-electron chi connectivity index (χ0n) is 14.7. The number of nitrogens with zero attached hydrogens (tertiary/aromatic N) is 3. The summed E-state index contributed by atoms with van der Waals surface area (Å²) in [4.78, 5) is 29.7. The van der Waals surface area contributed by atoms with Crippen LogP contribution in [0.1, 0.15) is 22.7 Å².